The Morgan fingerprint density at radius 3 is 2.09 bits per heavy atom. The van der Waals surface area contributed by atoms with E-state index in [1.807, 2.05) is 30.3 Å². The Kier molecular flexibility index (Phi) is 11.9. The SMILES string of the molecule is O=C(CCCCCCCCCCO)OCCOc1ccccc1. The predicted molar refractivity (Wildman–Crippen MR) is 91.5 cm³/mol. The molecule has 0 aliphatic carbocycles. The summed E-state index contributed by atoms with van der Waals surface area (Å²) in [6.07, 6.45) is 9.31. The number of aliphatic hydroxyl groups excluding tert-OH is 1. The van der Waals surface area contributed by atoms with Gasteiger partial charge in [-0.15, -0.1) is 0 Å². The number of hydrogen-bond donors (Lipinski definition) is 1. The summed E-state index contributed by atoms with van der Waals surface area (Å²) in [5, 5.41) is 8.67. The van der Waals surface area contributed by atoms with E-state index in [9.17, 15) is 4.79 Å². The average Bonchev–Trinajstić information content (AvgIpc) is 2.58. The molecule has 0 atom stereocenters. The van der Waals surface area contributed by atoms with Crippen LogP contribution in [0.4, 0.5) is 0 Å². The van der Waals surface area contributed by atoms with Gasteiger partial charge in [-0.3, -0.25) is 4.79 Å². The molecule has 0 unspecified atom stereocenters. The van der Waals surface area contributed by atoms with Crippen LogP contribution in [0.2, 0.25) is 0 Å². The number of carbonyl (C=O) groups excluding carboxylic acids is 1. The van der Waals surface area contributed by atoms with E-state index in [1.165, 1.54) is 25.7 Å². The van der Waals surface area contributed by atoms with Crippen LogP contribution in [0.25, 0.3) is 0 Å². The summed E-state index contributed by atoms with van der Waals surface area (Å²) in [6.45, 7) is 1.00. The first-order valence-electron chi connectivity index (χ1n) is 8.77. The topological polar surface area (TPSA) is 55.8 Å². The van der Waals surface area contributed by atoms with Gasteiger partial charge in [0, 0.05) is 13.0 Å². The molecule has 1 N–H and O–H groups in total. The van der Waals surface area contributed by atoms with Gasteiger partial charge in [0.05, 0.1) is 0 Å². The summed E-state index contributed by atoms with van der Waals surface area (Å²) in [6, 6.07) is 9.52. The van der Waals surface area contributed by atoms with E-state index in [0.717, 1.165) is 31.4 Å². The molecule has 0 amide bonds. The first-order chi connectivity index (χ1) is 11.3. The van der Waals surface area contributed by atoms with Crippen molar-refractivity contribution in [2.45, 2.75) is 57.8 Å². The fraction of sp³-hybridized carbons (Fsp3) is 0.632. The summed E-state index contributed by atoms with van der Waals surface area (Å²) in [5.74, 6) is 0.659. The van der Waals surface area contributed by atoms with Gasteiger partial charge in [-0.1, -0.05) is 56.7 Å². The number of carbonyl (C=O) groups is 1. The molecule has 0 fully saturated rings. The standard InChI is InChI=1S/C19H30O4/c20-15-11-6-4-2-1-3-5-10-14-19(21)23-17-16-22-18-12-8-7-9-13-18/h7-9,12-13,20H,1-6,10-11,14-17H2. The zero-order valence-electron chi connectivity index (χ0n) is 14.0. The van der Waals surface area contributed by atoms with Gasteiger partial charge in [0.2, 0.25) is 0 Å². The smallest absolute Gasteiger partial charge is 0.305 e. The number of hydrogen-bond acceptors (Lipinski definition) is 4. The molecule has 0 bridgehead atoms. The molecule has 0 saturated carbocycles. The first kappa shape index (κ1) is 19.5. The van der Waals surface area contributed by atoms with Crippen LogP contribution in [-0.2, 0) is 9.53 Å². The third-order valence-electron chi connectivity index (χ3n) is 3.65. The summed E-state index contributed by atoms with van der Waals surface area (Å²) < 4.78 is 10.6. The zero-order chi connectivity index (χ0) is 16.6. The van der Waals surface area contributed by atoms with Crippen molar-refractivity contribution in [2.24, 2.45) is 0 Å². The summed E-state index contributed by atoms with van der Waals surface area (Å²) in [4.78, 5) is 11.6. The highest BCUT2D eigenvalue weighted by atomic mass is 16.6. The number of esters is 1. The van der Waals surface area contributed by atoms with E-state index in [-0.39, 0.29) is 5.97 Å². The number of rotatable bonds is 14. The Labute approximate surface area is 139 Å². The van der Waals surface area contributed by atoms with Crippen LogP contribution in [0.1, 0.15) is 57.8 Å². The van der Waals surface area contributed by atoms with Crippen molar-refractivity contribution in [3.8, 4) is 5.75 Å². The molecule has 4 nitrogen and oxygen atoms in total. The molecule has 4 heteroatoms. The van der Waals surface area contributed by atoms with E-state index in [4.69, 9.17) is 14.6 Å². The lowest BCUT2D eigenvalue weighted by Crippen LogP contribution is -2.11. The normalized spacial score (nSPS) is 10.5. The molecule has 130 valence electrons. The molecular weight excluding hydrogens is 292 g/mol. The predicted octanol–water partition coefficient (Wildman–Crippen LogP) is 4.11. The van der Waals surface area contributed by atoms with E-state index in [1.54, 1.807) is 0 Å². The third-order valence-corrected chi connectivity index (χ3v) is 3.65. The van der Waals surface area contributed by atoms with Gasteiger partial charge in [0.25, 0.3) is 0 Å². The summed E-state index contributed by atoms with van der Waals surface area (Å²) >= 11 is 0. The molecule has 23 heavy (non-hydrogen) atoms. The van der Waals surface area contributed by atoms with Crippen molar-refractivity contribution >= 4 is 5.97 Å². The molecule has 0 aliphatic rings. The minimum Gasteiger partial charge on any atom is -0.490 e. The van der Waals surface area contributed by atoms with Crippen LogP contribution >= 0.6 is 0 Å². The molecule has 1 rings (SSSR count). The number of para-hydroxylation sites is 1. The Balaban J connectivity index is 1.85. The Morgan fingerprint density at radius 2 is 1.43 bits per heavy atom. The van der Waals surface area contributed by atoms with Crippen LogP contribution in [0.15, 0.2) is 30.3 Å². The molecule has 0 saturated heterocycles. The van der Waals surface area contributed by atoms with Gasteiger partial charge in [0.15, 0.2) is 0 Å². The molecule has 0 aliphatic heterocycles. The first-order valence-corrected chi connectivity index (χ1v) is 8.77. The zero-order valence-corrected chi connectivity index (χ0v) is 14.0. The van der Waals surface area contributed by atoms with Crippen LogP contribution in [0, 0.1) is 0 Å². The van der Waals surface area contributed by atoms with Crippen molar-refractivity contribution in [1.82, 2.24) is 0 Å². The summed E-state index contributed by atoms with van der Waals surface area (Å²) in [5.41, 5.74) is 0. The molecule has 0 spiro atoms. The lowest BCUT2D eigenvalue weighted by molar-refractivity contribution is -0.144. The molecule has 0 radical (unpaired) electrons. The van der Waals surface area contributed by atoms with Crippen LogP contribution in [0.3, 0.4) is 0 Å². The quantitative estimate of drug-likeness (QED) is 0.414. The van der Waals surface area contributed by atoms with Gasteiger partial charge in [-0.05, 0) is 25.0 Å². The van der Waals surface area contributed by atoms with Crippen molar-refractivity contribution in [3.63, 3.8) is 0 Å². The second kappa shape index (κ2) is 14.1. The van der Waals surface area contributed by atoms with Crippen molar-refractivity contribution < 1.29 is 19.4 Å². The highest BCUT2D eigenvalue weighted by Crippen LogP contribution is 2.10. The van der Waals surface area contributed by atoms with Crippen molar-refractivity contribution in [3.05, 3.63) is 30.3 Å². The lowest BCUT2D eigenvalue weighted by atomic mass is 10.1. The van der Waals surface area contributed by atoms with Crippen LogP contribution < -0.4 is 4.74 Å². The number of unbranched alkanes of at least 4 members (excludes halogenated alkanes) is 7. The summed E-state index contributed by atoms with van der Waals surface area (Å²) in [7, 11) is 0. The van der Waals surface area contributed by atoms with Gasteiger partial charge in [0.1, 0.15) is 19.0 Å². The van der Waals surface area contributed by atoms with Gasteiger partial charge in [-0.25, -0.2) is 0 Å². The number of aliphatic hydroxyl groups is 1. The molecule has 1 aromatic rings. The number of ether oxygens (including phenoxy) is 2. The Morgan fingerprint density at radius 1 is 0.826 bits per heavy atom. The van der Waals surface area contributed by atoms with Gasteiger partial charge < -0.3 is 14.6 Å². The van der Waals surface area contributed by atoms with E-state index < -0.39 is 0 Å². The number of benzene rings is 1. The molecule has 0 heterocycles. The monoisotopic (exact) mass is 322 g/mol. The highest BCUT2D eigenvalue weighted by Gasteiger charge is 2.02. The average molecular weight is 322 g/mol. The Hall–Kier alpha value is -1.55. The maximum atomic E-state index is 11.6. The fourth-order valence-electron chi connectivity index (χ4n) is 2.35. The molecule has 0 aromatic heterocycles. The maximum Gasteiger partial charge on any atom is 0.305 e. The van der Waals surface area contributed by atoms with Crippen LogP contribution in [0.5, 0.6) is 5.75 Å². The van der Waals surface area contributed by atoms with E-state index >= 15 is 0 Å². The second-order valence-corrected chi connectivity index (χ2v) is 5.68. The largest absolute Gasteiger partial charge is 0.490 e. The third kappa shape index (κ3) is 11.6. The maximum absolute atomic E-state index is 11.6. The molecular formula is C19H30O4. The second-order valence-electron chi connectivity index (χ2n) is 5.68. The fourth-order valence-corrected chi connectivity index (χ4v) is 2.35. The molecule has 1 aromatic carbocycles. The lowest BCUT2D eigenvalue weighted by Gasteiger charge is -2.07. The minimum absolute atomic E-state index is 0.135. The highest BCUT2D eigenvalue weighted by molar-refractivity contribution is 5.69. The van der Waals surface area contributed by atoms with Gasteiger partial charge in [-0.2, -0.15) is 0 Å². The van der Waals surface area contributed by atoms with E-state index in [0.29, 0.717) is 26.2 Å². The van der Waals surface area contributed by atoms with Crippen molar-refractivity contribution in [1.29, 1.82) is 0 Å². The van der Waals surface area contributed by atoms with E-state index in [2.05, 4.69) is 0 Å². The van der Waals surface area contributed by atoms with Gasteiger partial charge >= 0.3 is 5.97 Å². The van der Waals surface area contributed by atoms with Crippen LogP contribution in [-0.4, -0.2) is 30.9 Å². The van der Waals surface area contributed by atoms with Crippen molar-refractivity contribution in [2.75, 3.05) is 19.8 Å². The Bertz CT molecular complexity index is 392. The minimum atomic E-state index is -0.135.